The van der Waals surface area contributed by atoms with Crippen molar-refractivity contribution in [3.05, 3.63) is 0 Å². The average molecular weight is 201 g/mol. The molecule has 1 saturated heterocycles. The van der Waals surface area contributed by atoms with Crippen LogP contribution in [-0.4, -0.2) is 46.7 Å². The third-order valence-electron chi connectivity index (χ3n) is 2.44. The van der Waals surface area contributed by atoms with Crippen molar-refractivity contribution in [1.82, 2.24) is 4.90 Å². The largest absolute Gasteiger partial charge is 0.481 e. The molecule has 1 aliphatic heterocycles. The van der Waals surface area contributed by atoms with E-state index in [1.807, 2.05) is 0 Å². The van der Waals surface area contributed by atoms with Crippen LogP contribution in [0.25, 0.3) is 0 Å². The number of carboxylic acids is 1. The summed E-state index contributed by atoms with van der Waals surface area (Å²) in [4.78, 5) is 23.5. The SMILES string of the molecule is O=C(O)C1CCC(=O)N(CCCO)C1. The molecule has 0 aliphatic carbocycles. The van der Waals surface area contributed by atoms with Crippen molar-refractivity contribution in [3.8, 4) is 0 Å². The summed E-state index contributed by atoms with van der Waals surface area (Å²) in [6.45, 7) is 0.773. The normalized spacial score (nSPS) is 22.5. The van der Waals surface area contributed by atoms with E-state index in [0.717, 1.165) is 0 Å². The third-order valence-corrected chi connectivity index (χ3v) is 2.44. The second-order valence-electron chi connectivity index (χ2n) is 3.49. The molecule has 0 saturated carbocycles. The molecule has 0 aromatic rings. The summed E-state index contributed by atoms with van der Waals surface area (Å²) in [6, 6.07) is 0. The Hall–Kier alpha value is -1.10. The number of hydrogen-bond donors (Lipinski definition) is 2. The lowest BCUT2D eigenvalue weighted by molar-refractivity contribution is -0.147. The monoisotopic (exact) mass is 201 g/mol. The van der Waals surface area contributed by atoms with Gasteiger partial charge in [0.15, 0.2) is 0 Å². The molecule has 0 radical (unpaired) electrons. The minimum atomic E-state index is -0.841. The summed E-state index contributed by atoms with van der Waals surface area (Å²) in [6.07, 6.45) is 1.25. The molecular weight excluding hydrogens is 186 g/mol. The van der Waals surface area contributed by atoms with Gasteiger partial charge in [-0.05, 0) is 12.8 Å². The number of amides is 1. The molecule has 0 bridgehead atoms. The van der Waals surface area contributed by atoms with Gasteiger partial charge in [-0.1, -0.05) is 0 Å². The number of aliphatic carboxylic acids is 1. The molecule has 1 unspecified atom stereocenters. The van der Waals surface area contributed by atoms with Gasteiger partial charge >= 0.3 is 5.97 Å². The molecular formula is C9H15NO4. The Bertz CT molecular complexity index is 229. The second kappa shape index (κ2) is 4.95. The number of carboxylic acid groups (broad SMARTS) is 1. The van der Waals surface area contributed by atoms with Crippen molar-refractivity contribution in [2.45, 2.75) is 19.3 Å². The van der Waals surface area contributed by atoms with E-state index in [-0.39, 0.29) is 19.1 Å². The van der Waals surface area contributed by atoms with E-state index in [2.05, 4.69) is 0 Å². The van der Waals surface area contributed by atoms with Gasteiger partial charge in [0.05, 0.1) is 5.92 Å². The maximum Gasteiger partial charge on any atom is 0.308 e. The fraction of sp³-hybridized carbons (Fsp3) is 0.778. The molecule has 1 aliphatic rings. The fourth-order valence-electron chi connectivity index (χ4n) is 1.59. The molecule has 5 nitrogen and oxygen atoms in total. The summed E-state index contributed by atoms with van der Waals surface area (Å²) >= 11 is 0. The Balaban J connectivity index is 2.46. The van der Waals surface area contributed by atoms with Gasteiger partial charge in [-0.25, -0.2) is 0 Å². The zero-order valence-electron chi connectivity index (χ0n) is 7.98. The van der Waals surface area contributed by atoms with Gasteiger partial charge < -0.3 is 15.1 Å². The number of carbonyl (C=O) groups excluding carboxylic acids is 1. The molecule has 1 heterocycles. The quantitative estimate of drug-likeness (QED) is 0.654. The lowest BCUT2D eigenvalue weighted by Crippen LogP contribution is -2.43. The number of aliphatic hydroxyl groups excluding tert-OH is 1. The second-order valence-corrected chi connectivity index (χ2v) is 3.49. The van der Waals surface area contributed by atoms with Crippen molar-refractivity contribution in [1.29, 1.82) is 0 Å². The maximum absolute atomic E-state index is 11.3. The van der Waals surface area contributed by atoms with Crippen molar-refractivity contribution >= 4 is 11.9 Å². The summed E-state index contributed by atoms with van der Waals surface area (Å²) < 4.78 is 0. The lowest BCUT2D eigenvalue weighted by Gasteiger charge is -2.30. The molecule has 1 fully saturated rings. The van der Waals surface area contributed by atoms with Crippen LogP contribution in [0.1, 0.15) is 19.3 Å². The van der Waals surface area contributed by atoms with E-state index in [1.165, 1.54) is 4.90 Å². The number of likely N-dealkylation sites (tertiary alicyclic amines) is 1. The number of hydrogen-bond acceptors (Lipinski definition) is 3. The number of piperidine rings is 1. The standard InChI is InChI=1S/C9H15NO4/c11-5-1-4-10-6-7(9(13)14)2-3-8(10)12/h7,11H,1-6H2,(H,13,14). The molecule has 1 atom stereocenters. The van der Waals surface area contributed by atoms with Crippen molar-refractivity contribution in [2.75, 3.05) is 19.7 Å². The Kier molecular flexibility index (Phi) is 3.88. The van der Waals surface area contributed by atoms with Gasteiger partial charge in [0, 0.05) is 26.1 Å². The zero-order chi connectivity index (χ0) is 10.6. The Morgan fingerprint density at radius 2 is 2.29 bits per heavy atom. The van der Waals surface area contributed by atoms with Crippen LogP contribution < -0.4 is 0 Å². The molecule has 2 N–H and O–H groups in total. The number of rotatable bonds is 4. The van der Waals surface area contributed by atoms with Crippen molar-refractivity contribution in [2.24, 2.45) is 5.92 Å². The predicted octanol–water partition coefficient (Wildman–Crippen LogP) is -0.308. The zero-order valence-corrected chi connectivity index (χ0v) is 7.98. The van der Waals surface area contributed by atoms with Crippen LogP contribution in [-0.2, 0) is 9.59 Å². The number of aliphatic hydroxyl groups is 1. The Labute approximate surface area is 82.3 Å². The minimum Gasteiger partial charge on any atom is -0.481 e. The lowest BCUT2D eigenvalue weighted by atomic mass is 9.98. The molecule has 1 amide bonds. The van der Waals surface area contributed by atoms with Crippen molar-refractivity contribution < 1.29 is 19.8 Å². The first-order chi connectivity index (χ1) is 6.65. The highest BCUT2D eigenvalue weighted by Gasteiger charge is 2.29. The number of carbonyl (C=O) groups is 2. The van der Waals surface area contributed by atoms with Gasteiger partial charge in [0.2, 0.25) is 5.91 Å². The first-order valence-electron chi connectivity index (χ1n) is 4.76. The topological polar surface area (TPSA) is 77.8 Å². The van der Waals surface area contributed by atoms with Crippen LogP contribution >= 0.6 is 0 Å². The molecule has 5 heteroatoms. The van der Waals surface area contributed by atoms with E-state index in [0.29, 0.717) is 25.8 Å². The van der Waals surface area contributed by atoms with Crippen LogP contribution in [0.4, 0.5) is 0 Å². The van der Waals surface area contributed by atoms with Crippen LogP contribution in [0.3, 0.4) is 0 Å². The van der Waals surface area contributed by atoms with Crippen LogP contribution in [0.15, 0.2) is 0 Å². The van der Waals surface area contributed by atoms with E-state index < -0.39 is 11.9 Å². The molecule has 0 aromatic carbocycles. The van der Waals surface area contributed by atoms with Crippen LogP contribution in [0.5, 0.6) is 0 Å². The van der Waals surface area contributed by atoms with E-state index >= 15 is 0 Å². The minimum absolute atomic E-state index is 0.00375. The summed E-state index contributed by atoms with van der Waals surface area (Å²) in [5.74, 6) is -1.28. The van der Waals surface area contributed by atoms with Crippen molar-refractivity contribution in [3.63, 3.8) is 0 Å². The highest BCUT2D eigenvalue weighted by atomic mass is 16.4. The Morgan fingerprint density at radius 1 is 1.57 bits per heavy atom. The van der Waals surface area contributed by atoms with Gasteiger partial charge in [-0.3, -0.25) is 9.59 Å². The molecule has 14 heavy (non-hydrogen) atoms. The molecule has 0 spiro atoms. The summed E-state index contributed by atoms with van der Waals surface area (Å²) in [7, 11) is 0. The first kappa shape index (κ1) is 11.0. The maximum atomic E-state index is 11.3. The smallest absolute Gasteiger partial charge is 0.308 e. The van der Waals surface area contributed by atoms with Gasteiger partial charge in [0.1, 0.15) is 0 Å². The van der Waals surface area contributed by atoms with Gasteiger partial charge in [-0.2, -0.15) is 0 Å². The third kappa shape index (κ3) is 2.70. The molecule has 1 rings (SSSR count). The van der Waals surface area contributed by atoms with Crippen LogP contribution in [0.2, 0.25) is 0 Å². The number of nitrogens with zero attached hydrogens (tertiary/aromatic N) is 1. The van der Waals surface area contributed by atoms with Gasteiger partial charge in [-0.15, -0.1) is 0 Å². The van der Waals surface area contributed by atoms with E-state index in [4.69, 9.17) is 10.2 Å². The molecule has 0 aromatic heterocycles. The Morgan fingerprint density at radius 3 is 2.86 bits per heavy atom. The fourth-order valence-corrected chi connectivity index (χ4v) is 1.59. The van der Waals surface area contributed by atoms with E-state index in [9.17, 15) is 9.59 Å². The highest BCUT2D eigenvalue weighted by Crippen LogP contribution is 2.17. The van der Waals surface area contributed by atoms with Gasteiger partial charge in [0.25, 0.3) is 0 Å². The predicted molar refractivity (Wildman–Crippen MR) is 48.6 cm³/mol. The highest BCUT2D eigenvalue weighted by molar-refractivity contribution is 5.80. The van der Waals surface area contributed by atoms with E-state index in [1.54, 1.807) is 0 Å². The summed E-state index contributed by atoms with van der Waals surface area (Å²) in [5.41, 5.74) is 0. The van der Waals surface area contributed by atoms with Crippen LogP contribution in [0, 0.1) is 5.92 Å². The molecule has 80 valence electrons. The average Bonchev–Trinajstić information content (AvgIpc) is 2.16. The summed E-state index contributed by atoms with van der Waals surface area (Å²) in [5, 5.41) is 17.4. The first-order valence-corrected chi connectivity index (χ1v) is 4.76.